The molecule has 0 saturated heterocycles. The molecule has 0 unspecified atom stereocenters. The van der Waals surface area contributed by atoms with Crippen molar-refractivity contribution in [2.75, 3.05) is 7.11 Å². The van der Waals surface area contributed by atoms with Gasteiger partial charge in [0.15, 0.2) is 17.2 Å². The van der Waals surface area contributed by atoms with E-state index in [1.165, 1.54) is 0 Å². The van der Waals surface area contributed by atoms with Crippen LogP contribution in [0.1, 0.15) is 0 Å². The third-order valence-corrected chi connectivity index (χ3v) is 2.15. The summed E-state index contributed by atoms with van der Waals surface area (Å²) in [5, 5.41) is -0.710. The molecular weight excluding hydrogens is 244 g/mol. The number of ether oxygens (including phenoxy) is 1. The molecule has 2 aromatic rings. The molecule has 3 nitrogen and oxygen atoms in total. The molecule has 0 atom stereocenters. The maximum Gasteiger partial charge on any atom is 0.379 e. The first-order chi connectivity index (χ1) is 7.97. The number of methoxy groups -OCH3 is 1. The number of rotatable bonds is 1. The van der Waals surface area contributed by atoms with Crippen LogP contribution in [-0.2, 0) is 0 Å². The van der Waals surface area contributed by atoms with Gasteiger partial charge in [-0.05, 0) is 0 Å². The molecule has 0 aliphatic carbocycles. The predicted molar refractivity (Wildman–Crippen MR) is 48.9 cm³/mol. The van der Waals surface area contributed by atoms with Crippen LogP contribution >= 0.6 is 0 Å². The second kappa shape index (κ2) is 3.76. The van der Waals surface area contributed by atoms with E-state index in [2.05, 4.69) is 9.15 Å². The molecule has 1 heterocycles. The lowest BCUT2D eigenvalue weighted by Gasteiger charge is -2.04. The summed E-state index contributed by atoms with van der Waals surface area (Å²) < 4.78 is 61.1. The van der Waals surface area contributed by atoms with E-state index in [4.69, 9.17) is 0 Å². The second-order valence-corrected chi connectivity index (χ2v) is 3.10. The summed E-state index contributed by atoms with van der Waals surface area (Å²) in [5.41, 5.74) is -2.11. The molecule has 0 spiro atoms. The highest BCUT2D eigenvalue weighted by atomic mass is 19.2. The minimum absolute atomic E-state index is 0.443. The van der Waals surface area contributed by atoms with E-state index in [9.17, 15) is 22.4 Å². The van der Waals surface area contributed by atoms with E-state index >= 15 is 0 Å². The molecule has 0 aliphatic heterocycles. The Morgan fingerprint density at radius 1 is 1.06 bits per heavy atom. The molecule has 90 valence electrons. The maximum absolute atomic E-state index is 13.3. The molecular formula is C10H4F4O3. The molecule has 17 heavy (non-hydrogen) atoms. The Balaban J connectivity index is 3.01. The molecule has 0 fully saturated rings. The van der Waals surface area contributed by atoms with Crippen molar-refractivity contribution in [3.05, 3.63) is 39.8 Å². The summed E-state index contributed by atoms with van der Waals surface area (Å²) in [6.07, 6.45) is 0. The molecule has 0 bridgehead atoms. The van der Waals surface area contributed by atoms with Gasteiger partial charge in [0.2, 0.25) is 17.4 Å². The number of hydrogen-bond donors (Lipinski definition) is 0. The van der Waals surface area contributed by atoms with Crippen molar-refractivity contribution >= 4 is 11.0 Å². The van der Waals surface area contributed by atoms with Gasteiger partial charge in [-0.15, -0.1) is 0 Å². The molecule has 0 N–H and O–H groups in total. The molecule has 1 aromatic carbocycles. The van der Waals surface area contributed by atoms with E-state index in [-0.39, 0.29) is 0 Å². The highest BCUT2D eigenvalue weighted by Gasteiger charge is 2.23. The van der Waals surface area contributed by atoms with E-state index in [0.29, 0.717) is 0 Å². The van der Waals surface area contributed by atoms with Crippen LogP contribution in [-0.4, -0.2) is 7.11 Å². The van der Waals surface area contributed by atoms with E-state index in [1.807, 2.05) is 0 Å². The summed E-state index contributed by atoms with van der Waals surface area (Å²) in [4.78, 5) is 11.1. The lowest BCUT2D eigenvalue weighted by Crippen LogP contribution is -2.06. The van der Waals surface area contributed by atoms with Crippen molar-refractivity contribution in [3.63, 3.8) is 0 Å². The molecule has 0 radical (unpaired) electrons. The van der Waals surface area contributed by atoms with Crippen LogP contribution in [0.2, 0.25) is 0 Å². The van der Waals surface area contributed by atoms with Gasteiger partial charge < -0.3 is 9.15 Å². The van der Waals surface area contributed by atoms with Crippen LogP contribution < -0.4 is 10.4 Å². The molecule has 7 heteroatoms. The van der Waals surface area contributed by atoms with E-state index in [1.54, 1.807) is 0 Å². The Kier molecular flexibility index (Phi) is 2.53. The van der Waals surface area contributed by atoms with Gasteiger partial charge in [0, 0.05) is 6.07 Å². The van der Waals surface area contributed by atoms with E-state index in [0.717, 1.165) is 13.2 Å². The zero-order valence-corrected chi connectivity index (χ0v) is 8.31. The molecule has 0 amide bonds. The van der Waals surface area contributed by atoms with Gasteiger partial charge in [0.05, 0.1) is 12.5 Å². The zero-order valence-electron chi connectivity index (χ0n) is 8.31. The van der Waals surface area contributed by atoms with Crippen molar-refractivity contribution in [3.8, 4) is 5.75 Å². The summed E-state index contributed by atoms with van der Waals surface area (Å²) in [6.45, 7) is 0. The third kappa shape index (κ3) is 1.54. The van der Waals surface area contributed by atoms with Gasteiger partial charge in [-0.3, -0.25) is 0 Å². The fourth-order valence-corrected chi connectivity index (χ4v) is 1.33. The van der Waals surface area contributed by atoms with E-state index < -0.39 is 45.6 Å². The summed E-state index contributed by atoms with van der Waals surface area (Å²) in [5.74, 6) is -7.88. The maximum atomic E-state index is 13.3. The normalized spacial score (nSPS) is 10.9. The Labute approximate surface area is 91.2 Å². The first-order valence-corrected chi connectivity index (χ1v) is 4.31. The van der Waals surface area contributed by atoms with Gasteiger partial charge in [0.1, 0.15) is 0 Å². The number of hydrogen-bond acceptors (Lipinski definition) is 3. The van der Waals surface area contributed by atoms with Crippen LogP contribution in [0, 0.1) is 23.3 Å². The minimum atomic E-state index is -2.04. The largest absolute Gasteiger partial charge is 0.490 e. The highest BCUT2D eigenvalue weighted by Crippen LogP contribution is 2.27. The van der Waals surface area contributed by atoms with Crippen molar-refractivity contribution in [2.45, 2.75) is 0 Å². The van der Waals surface area contributed by atoms with Crippen LogP contribution in [0.3, 0.4) is 0 Å². The van der Waals surface area contributed by atoms with Crippen molar-refractivity contribution in [1.82, 2.24) is 0 Å². The van der Waals surface area contributed by atoms with Crippen molar-refractivity contribution in [1.29, 1.82) is 0 Å². The lowest BCUT2D eigenvalue weighted by molar-refractivity contribution is 0.374. The van der Waals surface area contributed by atoms with Gasteiger partial charge in [-0.1, -0.05) is 0 Å². The fourth-order valence-electron chi connectivity index (χ4n) is 1.33. The molecule has 0 saturated carbocycles. The third-order valence-electron chi connectivity index (χ3n) is 2.15. The topological polar surface area (TPSA) is 39.4 Å². The van der Waals surface area contributed by atoms with Gasteiger partial charge in [-0.2, -0.15) is 4.39 Å². The predicted octanol–water partition coefficient (Wildman–Crippen LogP) is 2.36. The van der Waals surface area contributed by atoms with Crippen LogP contribution in [0.4, 0.5) is 17.6 Å². The zero-order chi connectivity index (χ0) is 12.7. The first-order valence-electron chi connectivity index (χ1n) is 4.31. The van der Waals surface area contributed by atoms with Crippen LogP contribution in [0.15, 0.2) is 15.3 Å². The Bertz CT molecular complexity index is 663. The summed E-state index contributed by atoms with van der Waals surface area (Å²) in [7, 11) is 1.09. The SMILES string of the molecule is COc1cc2c(F)c(F)c(F)c(F)c2oc1=O. The van der Waals surface area contributed by atoms with Gasteiger partial charge in [-0.25, -0.2) is 18.0 Å². The van der Waals surface area contributed by atoms with Crippen LogP contribution in [0.5, 0.6) is 5.75 Å². The smallest absolute Gasteiger partial charge is 0.379 e. The molecule has 1 aromatic heterocycles. The summed E-state index contributed by atoms with van der Waals surface area (Å²) in [6, 6.07) is 0.738. The average molecular weight is 248 g/mol. The van der Waals surface area contributed by atoms with Crippen molar-refractivity contribution in [2.24, 2.45) is 0 Å². The number of halogens is 4. The first kappa shape index (κ1) is 11.4. The highest BCUT2D eigenvalue weighted by molar-refractivity contribution is 5.79. The molecule has 2 rings (SSSR count). The van der Waals surface area contributed by atoms with Gasteiger partial charge in [0.25, 0.3) is 0 Å². The number of benzene rings is 1. The van der Waals surface area contributed by atoms with Gasteiger partial charge >= 0.3 is 5.63 Å². The Hall–Kier alpha value is -2.05. The molecule has 0 aliphatic rings. The fraction of sp³-hybridized carbons (Fsp3) is 0.100. The second-order valence-electron chi connectivity index (χ2n) is 3.10. The minimum Gasteiger partial charge on any atom is -0.490 e. The quantitative estimate of drug-likeness (QED) is 0.336. The van der Waals surface area contributed by atoms with Crippen LogP contribution in [0.25, 0.3) is 11.0 Å². The lowest BCUT2D eigenvalue weighted by atomic mass is 10.2. The van der Waals surface area contributed by atoms with Crippen molar-refractivity contribution < 1.29 is 26.7 Å². The number of fused-ring (bicyclic) bond motifs is 1. The Morgan fingerprint density at radius 3 is 2.24 bits per heavy atom. The summed E-state index contributed by atoms with van der Waals surface area (Å²) >= 11 is 0. The monoisotopic (exact) mass is 248 g/mol. The average Bonchev–Trinajstić information content (AvgIpc) is 2.33. The standard InChI is InChI=1S/C10H4F4O3/c1-16-4-2-3-5(11)6(12)7(13)8(14)9(3)17-10(4)15/h2H,1H3. The Morgan fingerprint density at radius 2 is 1.65 bits per heavy atom.